The van der Waals surface area contributed by atoms with Crippen LogP contribution in [-0.2, 0) is 23.1 Å². The van der Waals surface area contributed by atoms with Gasteiger partial charge in [0.05, 0.1) is 23.3 Å². The number of hydrogen-bond donors (Lipinski definition) is 1. The molecule has 9 heteroatoms. The SMILES string of the molecule is Oc1cc(C(F)(F)F)cc(F)c1-c1nnc(Cl)c2c1COC21CC1. The van der Waals surface area contributed by atoms with Gasteiger partial charge in [-0.25, -0.2) is 4.39 Å². The molecule has 1 fully saturated rings. The summed E-state index contributed by atoms with van der Waals surface area (Å²) in [6.07, 6.45) is -3.32. The van der Waals surface area contributed by atoms with Crippen molar-refractivity contribution in [3.05, 3.63) is 39.8 Å². The standard InChI is InChI=1S/C15H9ClF4N2O2/c16-13-11-7(5-24-14(11)1-2-14)12(21-22-13)10-8(17)3-6(4-9(10)23)15(18,19)20/h3-4,23H,1-2,5H2. The maximum atomic E-state index is 14.3. The molecule has 0 saturated heterocycles. The Morgan fingerprint density at radius 2 is 1.92 bits per heavy atom. The molecule has 0 atom stereocenters. The number of alkyl halides is 3. The summed E-state index contributed by atoms with van der Waals surface area (Å²) in [6.45, 7) is 0.0831. The monoisotopic (exact) mass is 360 g/mol. The van der Waals surface area contributed by atoms with Gasteiger partial charge in [0.2, 0.25) is 0 Å². The van der Waals surface area contributed by atoms with Crippen molar-refractivity contribution in [1.29, 1.82) is 0 Å². The number of fused-ring (bicyclic) bond motifs is 2. The maximum absolute atomic E-state index is 14.3. The minimum Gasteiger partial charge on any atom is -0.507 e. The lowest BCUT2D eigenvalue weighted by Crippen LogP contribution is -2.08. The van der Waals surface area contributed by atoms with Gasteiger partial charge in [-0.05, 0) is 25.0 Å². The van der Waals surface area contributed by atoms with Gasteiger partial charge in [-0.2, -0.15) is 13.2 Å². The summed E-state index contributed by atoms with van der Waals surface area (Å²) in [6, 6.07) is 0.782. The topological polar surface area (TPSA) is 55.2 Å². The van der Waals surface area contributed by atoms with Gasteiger partial charge in [0.25, 0.3) is 0 Å². The van der Waals surface area contributed by atoms with Crippen molar-refractivity contribution < 1.29 is 27.4 Å². The molecule has 0 unspecified atom stereocenters. The average Bonchev–Trinajstić information content (AvgIpc) is 3.14. The Bertz CT molecular complexity index is 842. The second-order valence-corrected chi connectivity index (χ2v) is 6.18. The molecule has 126 valence electrons. The number of phenolic OH excluding ortho intramolecular Hbond substituents is 1. The Labute approximate surface area is 138 Å². The Balaban J connectivity index is 1.91. The number of aromatic nitrogens is 2. The smallest absolute Gasteiger partial charge is 0.416 e. The molecular weight excluding hydrogens is 352 g/mol. The zero-order valence-corrected chi connectivity index (χ0v) is 12.7. The first-order valence-electron chi connectivity index (χ1n) is 7.02. The fourth-order valence-electron chi connectivity index (χ4n) is 3.03. The Hall–Kier alpha value is -1.93. The molecule has 0 bridgehead atoms. The average molecular weight is 361 g/mol. The summed E-state index contributed by atoms with van der Waals surface area (Å²) in [5.74, 6) is -2.10. The number of phenols is 1. The molecule has 4 rings (SSSR count). The quantitative estimate of drug-likeness (QED) is 0.775. The van der Waals surface area contributed by atoms with Crippen molar-refractivity contribution in [3.63, 3.8) is 0 Å². The summed E-state index contributed by atoms with van der Waals surface area (Å²) in [5.41, 5.74) is -1.31. The van der Waals surface area contributed by atoms with Gasteiger partial charge in [-0.3, -0.25) is 0 Å². The van der Waals surface area contributed by atoms with E-state index in [2.05, 4.69) is 10.2 Å². The predicted octanol–water partition coefficient (Wildman–Crippen LogP) is 4.18. The van der Waals surface area contributed by atoms with E-state index in [1.807, 2.05) is 0 Å². The lowest BCUT2D eigenvalue weighted by Gasteiger charge is -2.13. The van der Waals surface area contributed by atoms with E-state index < -0.39 is 34.5 Å². The first-order valence-corrected chi connectivity index (χ1v) is 7.40. The molecular formula is C15H9ClF4N2O2. The molecule has 1 saturated carbocycles. The largest absolute Gasteiger partial charge is 0.507 e. The molecule has 1 aromatic carbocycles. The van der Waals surface area contributed by atoms with Crippen LogP contribution in [0.4, 0.5) is 17.6 Å². The zero-order valence-electron chi connectivity index (χ0n) is 11.9. The van der Waals surface area contributed by atoms with Crippen LogP contribution in [0.5, 0.6) is 5.75 Å². The second kappa shape index (κ2) is 4.80. The van der Waals surface area contributed by atoms with E-state index in [9.17, 15) is 22.7 Å². The van der Waals surface area contributed by atoms with Crippen LogP contribution in [0.1, 0.15) is 29.5 Å². The van der Waals surface area contributed by atoms with E-state index >= 15 is 0 Å². The highest BCUT2D eigenvalue weighted by atomic mass is 35.5. The maximum Gasteiger partial charge on any atom is 0.416 e. The Morgan fingerprint density at radius 3 is 2.50 bits per heavy atom. The molecule has 2 heterocycles. The lowest BCUT2D eigenvalue weighted by atomic mass is 9.98. The summed E-state index contributed by atoms with van der Waals surface area (Å²) < 4.78 is 58.1. The highest BCUT2D eigenvalue weighted by molar-refractivity contribution is 6.30. The summed E-state index contributed by atoms with van der Waals surface area (Å²) >= 11 is 6.06. The third kappa shape index (κ3) is 2.16. The predicted molar refractivity (Wildman–Crippen MR) is 74.8 cm³/mol. The third-order valence-corrected chi connectivity index (χ3v) is 4.58. The van der Waals surface area contributed by atoms with Crippen LogP contribution >= 0.6 is 11.6 Å². The molecule has 2 aromatic rings. The number of hydrogen-bond acceptors (Lipinski definition) is 4. The zero-order chi connectivity index (χ0) is 17.3. The van der Waals surface area contributed by atoms with Gasteiger partial charge < -0.3 is 9.84 Å². The molecule has 1 spiro atoms. The molecule has 1 N–H and O–H groups in total. The minimum atomic E-state index is -4.77. The van der Waals surface area contributed by atoms with Crippen LogP contribution in [0.25, 0.3) is 11.3 Å². The fourth-order valence-corrected chi connectivity index (χ4v) is 3.36. The summed E-state index contributed by atoms with van der Waals surface area (Å²) in [5, 5.41) is 17.6. The van der Waals surface area contributed by atoms with Crippen LogP contribution in [0.2, 0.25) is 5.15 Å². The van der Waals surface area contributed by atoms with E-state index in [4.69, 9.17) is 16.3 Å². The van der Waals surface area contributed by atoms with Crippen molar-refractivity contribution >= 4 is 11.6 Å². The van der Waals surface area contributed by atoms with Crippen LogP contribution in [0.3, 0.4) is 0 Å². The normalized spacial score (nSPS) is 18.0. The van der Waals surface area contributed by atoms with Gasteiger partial charge in [-0.15, -0.1) is 10.2 Å². The van der Waals surface area contributed by atoms with E-state index in [0.29, 0.717) is 23.3 Å². The van der Waals surface area contributed by atoms with Gasteiger partial charge in [0, 0.05) is 11.1 Å². The molecule has 4 nitrogen and oxygen atoms in total. The first kappa shape index (κ1) is 15.6. The second-order valence-electron chi connectivity index (χ2n) is 5.83. The lowest BCUT2D eigenvalue weighted by molar-refractivity contribution is -0.137. The van der Waals surface area contributed by atoms with Crippen LogP contribution in [0.15, 0.2) is 12.1 Å². The van der Waals surface area contributed by atoms with Crippen LogP contribution in [-0.4, -0.2) is 15.3 Å². The number of benzene rings is 1. The fraction of sp³-hybridized carbons (Fsp3) is 0.333. The van der Waals surface area contributed by atoms with E-state index in [1.165, 1.54) is 0 Å². The first-order chi connectivity index (χ1) is 11.2. The van der Waals surface area contributed by atoms with E-state index in [0.717, 1.165) is 12.8 Å². The van der Waals surface area contributed by atoms with Crippen molar-refractivity contribution in [2.75, 3.05) is 0 Å². The van der Waals surface area contributed by atoms with Crippen LogP contribution < -0.4 is 0 Å². The summed E-state index contributed by atoms with van der Waals surface area (Å²) in [7, 11) is 0. The Kier molecular flexibility index (Phi) is 3.11. The third-order valence-electron chi connectivity index (χ3n) is 4.32. The van der Waals surface area contributed by atoms with E-state index in [-0.39, 0.29) is 17.5 Å². The minimum absolute atomic E-state index is 0.0538. The molecule has 24 heavy (non-hydrogen) atoms. The molecule has 2 aliphatic rings. The van der Waals surface area contributed by atoms with Gasteiger partial charge >= 0.3 is 6.18 Å². The molecule has 0 radical (unpaired) electrons. The van der Waals surface area contributed by atoms with Gasteiger partial charge in [0.1, 0.15) is 17.3 Å². The van der Waals surface area contributed by atoms with Crippen molar-refractivity contribution in [3.8, 4) is 17.0 Å². The number of aromatic hydroxyl groups is 1. The van der Waals surface area contributed by atoms with Crippen LogP contribution in [0, 0.1) is 5.82 Å². The summed E-state index contributed by atoms with van der Waals surface area (Å²) in [4.78, 5) is 0. The number of ether oxygens (including phenoxy) is 1. The number of rotatable bonds is 1. The van der Waals surface area contributed by atoms with Crippen molar-refractivity contribution in [2.45, 2.75) is 31.2 Å². The highest BCUT2D eigenvalue weighted by Crippen LogP contribution is 2.58. The van der Waals surface area contributed by atoms with Gasteiger partial charge in [-0.1, -0.05) is 11.6 Å². The Morgan fingerprint density at radius 1 is 1.21 bits per heavy atom. The molecule has 0 amide bonds. The van der Waals surface area contributed by atoms with Crippen molar-refractivity contribution in [1.82, 2.24) is 10.2 Å². The molecule has 1 aliphatic carbocycles. The highest BCUT2D eigenvalue weighted by Gasteiger charge is 2.53. The number of nitrogens with zero attached hydrogens (tertiary/aromatic N) is 2. The molecule has 1 aliphatic heterocycles. The molecule has 1 aromatic heterocycles. The van der Waals surface area contributed by atoms with E-state index in [1.54, 1.807) is 0 Å². The van der Waals surface area contributed by atoms with Gasteiger partial charge in [0.15, 0.2) is 5.15 Å². The van der Waals surface area contributed by atoms with Crippen molar-refractivity contribution in [2.24, 2.45) is 0 Å². The number of halogens is 5.